The minimum absolute atomic E-state index is 0.124. The number of pyridine rings is 1. The van der Waals surface area contributed by atoms with Crippen molar-refractivity contribution in [2.24, 2.45) is 0 Å². The molecule has 0 saturated heterocycles. The van der Waals surface area contributed by atoms with E-state index in [1.54, 1.807) is 24.3 Å². The maximum Gasteiger partial charge on any atom is 0.264 e. The van der Waals surface area contributed by atoms with Crippen LogP contribution in [0.2, 0.25) is 0 Å². The van der Waals surface area contributed by atoms with Gasteiger partial charge in [0.15, 0.2) is 0 Å². The van der Waals surface area contributed by atoms with E-state index in [0.717, 1.165) is 34.9 Å². The van der Waals surface area contributed by atoms with Crippen molar-refractivity contribution in [3.63, 3.8) is 0 Å². The number of anilines is 1. The Hall–Kier alpha value is -3.38. The highest BCUT2D eigenvalue weighted by Gasteiger charge is 2.26. The molecule has 29 heavy (non-hydrogen) atoms. The molecule has 6 heteroatoms. The van der Waals surface area contributed by atoms with Gasteiger partial charge in [0.25, 0.3) is 5.91 Å². The summed E-state index contributed by atoms with van der Waals surface area (Å²) >= 11 is 0. The summed E-state index contributed by atoms with van der Waals surface area (Å²) in [5.74, 6) is 0.623. The largest absolute Gasteiger partial charge is 0.497 e. The average Bonchev–Trinajstić information content (AvgIpc) is 3.02. The van der Waals surface area contributed by atoms with E-state index in [0.29, 0.717) is 11.3 Å². The number of fused-ring (bicyclic) bond motifs is 3. The average molecular weight is 388 g/mol. The molecule has 148 valence electrons. The molecule has 1 aliphatic rings. The number of benzene rings is 1. The van der Waals surface area contributed by atoms with Gasteiger partial charge < -0.3 is 14.6 Å². The lowest BCUT2D eigenvalue weighted by molar-refractivity contribution is 0.0998. The van der Waals surface area contributed by atoms with E-state index >= 15 is 0 Å². The third-order valence-corrected chi connectivity index (χ3v) is 5.07. The van der Waals surface area contributed by atoms with Crippen molar-refractivity contribution in [1.82, 2.24) is 14.9 Å². The number of nitrogens with one attached hydrogen (secondary N) is 1. The molecule has 6 nitrogen and oxygen atoms in total. The topological polar surface area (TPSA) is 61.5 Å². The highest BCUT2D eigenvalue weighted by Crippen LogP contribution is 2.34. The number of amides is 1. The Kier molecular flexibility index (Phi) is 4.94. The van der Waals surface area contributed by atoms with Gasteiger partial charge in [-0.3, -0.25) is 14.7 Å². The van der Waals surface area contributed by atoms with Crippen LogP contribution in [0.25, 0.3) is 17.5 Å². The van der Waals surface area contributed by atoms with Crippen molar-refractivity contribution >= 4 is 17.7 Å². The molecule has 3 aromatic rings. The van der Waals surface area contributed by atoms with Gasteiger partial charge in [0.2, 0.25) is 0 Å². The quantitative estimate of drug-likeness (QED) is 0.731. The molecule has 1 aromatic carbocycles. The number of rotatable bonds is 4. The molecule has 0 radical (unpaired) electrons. The summed E-state index contributed by atoms with van der Waals surface area (Å²) in [6.45, 7) is 2.85. The van der Waals surface area contributed by atoms with E-state index in [1.165, 1.54) is 5.56 Å². The van der Waals surface area contributed by atoms with Crippen LogP contribution in [0.4, 0.5) is 5.69 Å². The molecule has 0 saturated carbocycles. The fraction of sp³-hybridized carbons (Fsp3) is 0.217. The second kappa shape index (κ2) is 7.56. The molecular weight excluding hydrogens is 364 g/mol. The smallest absolute Gasteiger partial charge is 0.264 e. The molecule has 0 fully saturated rings. The van der Waals surface area contributed by atoms with E-state index in [4.69, 9.17) is 4.74 Å². The predicted molar refractivity (Wildman–Crippen MR) is 115 cm³/mol. The summed E-state index contributed by atoms with van der Waals surface area (Å²) in [5.41, 5.74) is 6.22. The number of ether oxygens (including phenoxy) is 1. The lowest BCUT2D eigenvalue weighted by Crippen LogP contribution is -2.27. The monoisotopic (exact) mass is 388 g/mol. The van der Waals surface area contributed by atoms with E-state index in [-0.39, 0.29) is 5.91 Å². The third kappa shape index (κ3) is 3.43. The first-order chi connectivity index (χ1) is 14.0. The molecule has 0 spiro atoms. The molecule has 0 bridgehead atoms. The van der Waals surface area contributed by atoms with Crippen LogP contribution in [-0.4, -0.2) is 42.0 Å². The standard InChI is InChI=1S/C23H24N4O2/c1-15-20(14-26(2)3)18-11-13-27(16-7-9-17(29-4)10-8-16)23(28)19-6-5-12-24-21(19)22(18)25-15/h5-13,25H,14H2,1-4H3/b13-11-. The van der Waals surface area contributed by atoms with Gasteiger partial charge in [0.1, 0.15) is 5.75 Å². The van der Waals surface area contributed by atoms with Gasteiger partial charge in [-0.1, -0.05) is 0 Å². The molecular formula is C23H24N4O2. The Morgan fingerprint density at radius 2 is 1.93 bits per heavy atom. The Bertz CT molecular complexity index is 1080. The Morgan fingerprint density at radius 3 is 2.62 bits per heavy atom. The zero-order chi connectivity index (χ0) is 20.5. The molecule has 0 aliphatic carbocycles. The van der Waals surface area contributed by atoms with Crippen LogP contribution < -0.4 is 9.64 Å². The summed E-state index contributed by atoms with van der Waals surface area (Å²) in [6, 6.07) is 11.1. The van der Waals surface area contributed by atoms with Gasteiger partial charge in [0, 0.05) is 35.9 Å². The normalized spacial score (nSPS) is 14.2. The summed E-state index contributed by atoms with van der Waals surface area (Å²) < 4.78 is 5.25. The number of methoxy groups -OCH3 is 1. The van der Waals surface area contributed by atoms with E-state index < -0.39 is 0 Å². The van der Waals surface area contributed by atoms with Crippen molar-refractivity contribution in [2.75, 3.05) is 26.1 Å². The van der Waals surface area contributed by atoms with Crippen molar-refractivity contribution in [2.45, 2.75) is 13.5 Å². The summed E-state index contributed by atoms with van der Waals surface area (Å²) in [7, 11) is 5.72. The first kappa shape index (κ1) is 19.0. The van der Waals surface area contributed by atoms with Gasteiger partial charge >= 0.3 is 0 Å². The predicted octanol–water partition coefficient (Wildman–Crippen LogP) is 4.09. The number of aromatic nitrogens is 2. The molecule has 4 rings (SSSR count). The third-order valence-electron chi connectivity index (χ3n) is 5.07. The molecule has 3 heterocycles. The molecule has 1 N–H and O–H groups in total. The maximum atomic E-state index is 13.4. The van der Waals surface area contributed by atoms with Crippen LogP contribution in [0.3, 0.4) is 0 Å². The van der Waals surface area contributed by atoms with Gasteiger partial charge in [-0.2, -0.15) is 0 Å². The lowest BCUT2D eigenvalue weighted by atomic mass is 10.0. The van der Waals surface area contributed by atoms with Crippen LogP contribution in [-0.2, 0) is 6.54 Å². The summed E-state index contributed by atoms with van der Waals surface area (Å²) in [4.78, 5) is 25.2. The lowest BCUT2D eigenvalue weighted by Gasteiger charge is -2.22. The van der Waals surface area contributed by atoms with Gasteiger partial charge in [-0.25, -0.2) is 0 Å². The highest BCUT2D eigenvalue weighted by atomic mass is 16.5. The van der Waals surface area contributed by atoms with Crippen molar-refractivity contribution in [3.05, 3.63) is 71.2 Å². The zero-order valence-corrected chi connectivity index (χ0v) is 17.1. The first-order valence-corrected chi connectivity index (χ1v) is 9.47. The van der Waals surface area contributed by atoms with Gasteiger partial charge in [-0.05, 0) is 69.1 Å². The van der Waals surface area contributed by atoms with Crippen LogP contribution in [0.5, 0.6) is 5.75 Å². The minimum atomic E-state index is -0.124. The van der Waals surface area contributed by atoms with E-state index in [2.05, 4.69) is 21.8 Å². The fourth-order valence-electron chi connectivity index (χ4n) is 3.64. The molecule has 1 amide bonds. The van der Waals surface area contributed by atoms with Crippen molar-refractivity contribution in [1.29, 1.82) is 0 Å². The molecule has 0 atom stereocenters. The molecule has 1 aliphatic heterocycles. The zero-order valence-electron chi connectivity index (χ0n) is 17.1. The van der Waals surface area contributed by atoms with Gasteiger partial charge in [0.05, 0.1) is 24.1 Å². The summed E-state index contributed by atoms with van der Waals surface area (Å²) in [6.07, 6.45) is 5.56. The molecule has 0 unspecified atom stereocenters. The van der Waals surface area contributed by atoms with Crippen molar-refractivity contribution < 1.29 is 9.53 Å². The SMILES string of the molecule is COc1ccc(N2/C=C\c3c([nH]c(C)c3CN(C)C)-c3ncccc3C2=O)cc1. The number of hydrogen-bond donors (Lipinski definition) is 1. The Labute approximate surface area is 170 Å². The second-order valence-corrected chi connectivity index (χ2v) is 7.34. The molecule has 2 aromatic heterocycles. The number of aromatic amines is 1. The number of H-pyrrole nitrogens is 1. The van der Waals surface area contributed by atoms with Crippen LogP contribution in [0.1, 0.15) is 27.2 Å². The van der Waals surface area contributed by atoms with E-state index in [1.807, 2.05) is 56.7 Å². The number of aryl methyl sites for hydroxylation is 1. The fourth-order valence-corrected chi connectivity index (χ4v) is 3.64. The number of carbonyl (C=O) groups is 1. The summed E-state index contributed by atoms with van der Waals surface area (Å²) in [5, 5.41) is 0. The maximum absolute atomic E-state index is 13.4. The van der Waals surface area contributed by atoms with Crippen LogP contribution in [0.15, 0.2) is 48.8 Å². The number of hydrogen-bond acceptors (Lipinski definition) is 4. The second-order valence-electron chi connectivity index (χ2n) is 7.34. The van der Waals surface area contributed by atoms with Crippen LogP contribution in [0, 0.1) is 6.92 Å². The number of nitrogens with zero attached hydrogens (tertiary/aromatic N) is 3. The van der Waals surface area contributed by atoms with Crippen molar-refractivity contribution in [3.8, 4) is 17.1 Å². The minimum Gasteiger partial charge on any atom is -0.497 e. The Morgan fingerprint density at radius 1 is 1.17 bits per heavy atom. The van der Waals surface area contributed by atoms with E-state index in [9.17, 15) is 4.79 Å². The number of carbonyl (C=O) groups excluding carboxylic acids is 1. The van der Waals surface area contributed by atoms with Gasteiger partial charge in [-0.15, -0.1) is 0 Å². The van der Waals surface area contributed by atoms with Crippen LogP contribution >= 0.6 is 0 Å². The Balaban J connectivity index is 1.90. The highest BCUT2D eigenvalue weighted by molar-refractivity contribution is 6.12. The first-order valence-electron chi connectivity index (χ1n) is 9.47.